The van der Waals surface area contributed by atoms with E-state index in [0.717, 1.165) is 37.7 Å². The fourth-order valence-electron chi connectivity index (χ4n) is 2.47. The van der Waals surface area contributed by atoms with Crippen LogP contribution < -0.4 is 10.6 Å². The van der Waals surface area contributed by atoms with Crippen molar-refractivity contribution in [3.63, 3.8) is 0 Å². The molecule has 120 valence electrons. The van der Waals surface area contributed by atoms with E-state index in [-0.39, 0.29) is 23.1 Å². The van der Waals surface area contributed by atoms with Gasteiger partial charge in [0.05, 0.1) is 12.4 Å². The van der Waals surface area contributed by atoms with Gasteiger partial charge in [0.1, 0.15) is 9.90 Å². The lowest BCUT2D eigenvalue weighted by molar-refractivity contribution is 0.189. The van der Waals surface area contributed by atoms with E-state index in [1.807, 2.05) is 11.8 Å². The molecule has 9 heteroatoms. The van der Waals surface area contributed by atoms with Crippen molar-refractivity contribution < 1.29 is 13.5 Å². The van der Waals surface area contributed by atoms with Gasteiger partial charge in [-0.1, -0.05) is 6.92 Å². The molecule has 0 aliphatic carbocycles. The van der Waals surface area contributed by atoms with Crippen LogP contribution in [0.4, 0.5) is 10.8 Å². The Kier molecular flexibility index (Phi) is 5.42. The van der Waals surface area contributed by atoms with E-state index in [4.69, 9.17) is 10.8 Å². The van der Waals surface area contributed by atoms with Gasteiger partial charge in [0.25, 0.3) is 0 Å². The van der Waals surface area contributed by atoms with Crippen molar-refractivity contribution in [2.75, 3.05) is 55.7 Å². The molecule has 1 aliphatic heterocycles. The first kappa shape index (κ1) is 16.5. The maximum Gasteiger partial charge on any atom is 0.185 e. The first-order valence-corrected chi connectivity index (χ1v) is 9.48. The number of nitrogen functional groups attached to an aromatic ring is 1. The number of β-amino-alcohol motifs (C(OH)–C–C–N with tert-alkyl or cyclic N) is 1. The highest BCUT2D eigenvalue weighted by Gasteiger charge is 2.29. The molecule has 21 heavy (non-hydrogen) atoms. The van der Waals surface area contributed by atoms with Crippen LogP contribution in [-0.2, 0) is 9.84 Å². The summed E-state index contributed by atoms with van der Waals surface area (Å²) in [6.07, 6.45) is 0.557. The minimum atomic E-state index is -3.37. The van der Waals surface area contributed by atoms with E-state index in [1.54, 1.807) is 0 Å². The Morgan fingerprint density at radius 2 is 2.00 bits per heavy atom. The predicted octanol–water partition coefficient (Wildman–Crippen LogP) is 0.0233. The molecular weight excluding hydrogens is 312 g/mol. The van der Waals surface area contributed by atoms with Crippen LogP contribution in [0.2, 0.25) is 0 Å². The lowest BCUT2D eigenvalue weighted by Gasteiger charge is -2.35. The van der Waals surface area contributed by atoms with Crippen LogP contribution >= 0.6 is 11.5 Å². The molecule has 1 aromatic heterocycles. The molecule has 1 aromatic rings. The summed E-state index contributed by atoms with van der Waals surface area (Å²) in [5, 5.41) is 9.61. The van der Waals surface area contributed by atoms with Crippen molar-refractivity contribution in [3.05, 3.63) is 0 Å². The molecule has 0 radical (unpaired) electrons. The Labute approximate surface area is 129 Å². The largest absolute Gasteiger partial charge is 0.395 e. The normalized spacial score (nSPS) is 17.3. The van der Waals surface area contributed by atoms with Gasteiger partial charge in [-0.15, -0.1) is 0 Å². The van der Waals surface area contributed by atoms with Crippen molar-refractivity contribution in [1.82, 2.24) is 9.27 Å². The molecule has 3 N–H and O–H groups in total. The number of nitrogens with zero attached hydrogens (tertiary/aromatic N) is 3. The maximum absolute atomic E-state index is 12.4. The molecule has 0 atom stereocenters. The summed E-state index contributed by atoms with van der Waals surface area (Å²) >= 11 is 1.15. The first-order chi connectivity index (χ1) is 9.99. The van der Waals surface area contributed by atoms with Gasteiger partial charge in [-0.05, 0) is 18.0 Å². The number of nitrogens with two attached hydrogens (primary N) is 1. The minimum Gasteiger partial charge on any atom is -0.395 e. The molecule has 1 fully saturated rings. The van der Waals surface area contributed by atoms with E-state index in [2.05, 4.69) is 9.27 Å². The maximum atomic E-state index is 12.4. The second kappa shape index (κ2) is 6.91. The van der Waals surface area contributed by atoms with Gasteiger partial charge in [0, 0.05) is 32.7 Å². The summed E-state index contributed by atoms with van der Waals surface area (Å²) in [7, 11) is -3.37. The fourth-order valence-corrected chi connectivity index (χ4v) is 5.28. The summed E-state index contributed by atoms with van der Waals surface area (Å²) in [5.74, 6) is 0.203. The topological polar surface area (TPSA) is 99.8 Å². The molecule has 2 rings (SSSR count). The van der Waals surface area contributed by atoms with Crippen molar-refractivity contribution >= 4 is 32.2 Å². The quantitative estimate of drug-likeness (QED) is 0.756. The smallest absolute Gasteiger partial charge is 0.185 e. The number of aliphatic hydroxyl groups is 1. The number of aromatic nitrogens is 1. The van der Waals surface area contributed by atoms with Crippen LogP contribution in [0, 0.1) is 0 Å². The number of hydrogen-bond acceptors (Lipinski definition) is 8. The number of sulfone groups is 1. The third-order valence-electron chi connectivity index (χ3n) is 3.52. The van der Waals surface area contributed by atoms with Gasteiger partial charge in [0.15, 0.2) is 15.7 Å². The van der Waals surface area contributed by atoms with Crippen molar-refractivity contribution in [2.24, 2.45) is 0 Å². The summed E-state index contributed by atoms with van der Waals surface area (Å²) in [6.45, 7) is 5.66. The van der Waals surface area contributed by atoms with E-state index in [9.17, 15) is 8.42 Å². The first-order valence-electron chi connectivity index (χ1n) is 7.05. The average molecular weight is 334 g/mol. The standard InChI is InChI=1S/C12H22N4O3S2/c1-2-9-21(18,19)10-11(13)14-20-12(10)16-5-3-15(4-6-16)7-8-17/h17H,2-9H2,1H3,(H2,13,14). The highest BCUT2D eigenvalue weighted by atomic mass is 32.2. The number of aliphatic hydroxyl groups excluding tert-OH is 1. The van der Waals surface area contributed by atoms with Crippen LogP contribution in [-0.4, -0.2) is 67.9 Å². The second-order valence-corrected chi connectivity index (χ2v) is 7.87. The highest BCUT2D eigenvalue weighted by Crippen LogP contribution is 2.36. The molecule has 0 spiro atoms. The fraction of sp³-hybridized carbons (Fsp3) is 0.750. The zero-order chi connectivity index (χ0) is 15.5. The zero-order valence-electron chi connectivity index (χ0n) is 12.2. The molecule has 0 aromatic carbocycles. The third kappa shape index (κ3) is 3.65. The summed E-state index contributed by atoms with van der Waals surface area (Å²) in [5.41, 5.74) is 5.79. The Morgan fingerprint density at radius 3 is 2.57 bits per heavy atom. The number of hydrogen-bond donors (Lipinski definition) is 2. The van der Waals surface area contributed by atoms with E-state index in [0.29, 0.717) is 18.0 Å². The average Bonchev–Trinajstić information content (AvgIpc) is 2.83. The third-order valence-corrected chi connectivity index (χ3v) is 6.54. The number of anilines is 2. The van der Waals surface area contributed by atoms with Crippen LogP contribution in [0.15, 0.2) is 4.90 Å². The van der Waals surface area contributed by atoms with Crippen molar-refractivity contribution in [2.45, 2.75) is 18.2 Å². The Morgan fingerprint density at radius 1 is 1.33 bits per heavy atom. The molecular formula is C12H22N4O3S2. The second-order valence-electron chi connectivity index (χ2n) is 5.07. The van der Waals surface area contributed by atoms with Crippen molar-refractivity contribution in [1.29, 1.82) is 0 Å². The molecule has 0 bridgehead atoms. The lowest BCUT2D eigenvalue weighted by Crippen LogP contribution is -2.47. The minimum absolute atomic E-state index is 0.0904. The molecule has 7 nitrogen and oxygen atoms in total. The van der Waals surface area contributed by atoms with E-state index >= 15 is 0 Å². The summed E-state index contributed by atoms with van der Waals surface area (Å²) in [6, 6.07) is 0. The Hall–Kier alpha value is -0.900. The lowest BCUT2D eigenvalue weighted by atomic mass is 10.3. The van der Waals surface area contributed by atoms with Gasteiger partial charge in [-0.3, -0.25) is 4.90 Å². The highest BCUT2D eigenvalue weighted by molar-refractivity contribution is 7.91. The number of piperazine rings is 1. The van der Waals surface area contributed by atoms with Crippen LogP contribution in [0.3, 0.4) is 0 Å². The number of rotatable bonds is 6. The molecule has 1 saturated heterocycles. The van der Waals surface area contributed by atoms with Gasteiger partial charge in [0.2, 0.25) is 0 Å². The van der Waals surface area contributed by atoms with Crippen LogP contribution in [0.1, 0.15) is 13.3 Å². The van der Waals surface area contributed by atoms with E-state index < -0.39 is 9.84 Å². The van der Waals surface area contributed by atoms with Crippen LogP contribution in [0.25, 0.3) is 0 Å². The monoisotopic (exact) mass is 334 g/mol. The Balaban J connectivity index is 2.19. The van der Waals surface area contributed by atoms with Gasteiger partial charge in [-0.25, -0.2) is 8.42 Å². The molecule has 1 aliphatic rings. The predicted molar refractivity (Wildman–Crippen MR) is 84.6 cm³/mol. The Bertz CT molecular complexity index is 565. The van der Waals surface area contributed by atoms with Crippen LogP contribution in [0.5, 0.6) is 0 Å². The van der Waals surface area contributed by atoms with Gasteiger partial charge < -0.3 is 15.7 Å². The SMILES string of the molecule is CCCS(=O)(=O)c1c(N)nsc1N1CCN(CCO)CC1. The van der Waals surface area contributed by atoms with Gasteiger partial charge >= 0.3 is 0 Å². The van der Waals surface area contributed by atoms with Gasteiger partial charge in [-0.2, -0.15) is 4.37 Å². The summed E-state index contributed by atoms with van der Waals surface area (Å²) < 4.78 is 28.8. The molecule has 2 heterocycles. The van der Waals surface area contributed by atoms with Crippen molar-refractivity contribution in [3.8, 4) is 0 Å². The zero-order valence-corrected chi connectivity index (χ0v) is 13.8. The summed E-state index contributed by atoms with van der Waals surface area (Å²) in [4.78, 5) is 4.39. The molecule has 0 unspecified atom stereocenters. The molecule has 0 amide bonds. The van der Waals surface area contributed by atoms with E-state index in [1.165, 1.54) is 0 Å². The molecule has 0 saturated carbocycles.